The molecule has 0 saturated heterocycles. The quantitative estimate of drug-likeness (QED) is 0.681. The Balaban J connectivity index is 1.99. The zero-order valence-electron chi connectivity index (χ0n) is 12.5. The molecule has 1 N–H and O–H groups in total. The van der Waals surface area contributed by atoms with E-state index in [-0.39, 0.29) is 24.3 Å². The smallest absolute Gasteiger partial charge is 0.286 e. The molecule has 1 atom stereocenters. The molecule has 22 heavy (non-hydrogen) atoms. The van der Waals surface area contributed by atoms with Crippen molar-refractivity contribution in [3.63, 3.8) is 0 Å². The van der Waals surface area contributed by atoms with E-state index in [2.05, 4.69) is 5.32 Å². The Morgan fingerprint density at radius 1 is 1.23 bits per heavy atom. The van der Waals surface area contributed by atoms with Crippen LogP contribution in [0.15, 0.2) is 48.8 Å². The third-order valence-electron chi connectivity index (χ3n) is 3.34. The summed E-state index contributed by atoms with van der Waals surface area (Å²) in [5.41, 5.74) is 1.57. The minimum absolute atomic E-state index is 0.0238. The molecule has 114 valence electrons. The molecule has 1 amide bonds. The standard InChI is InChI=1S/C17H17ClN2O2/c1-12(14-5-7-16(18)8-6-14)19-17(22)11-20-9-3-4-15(10-20)13(2)21/h3-10,12H,11H2,1-2H3/p+1/t12-/m0/s1. The molecule has 0 unspecified atom stereocenters. The molecule has 0 spiro atoms. The normalized spacial score (nSPS) is 11.8. The van der Waals surface area contributed by atoms with E-state index in [1.165, 1.54) is 6.92 Å². The first-order valence-electron chi connectivity index (χ1n) is 7.00. The Morgan fingerprint density at radius 2 is 1.91 bits per heavy atom. The Labute approximate surface area is 134 Å². The highest BCUT2D eigenvalue weighted by atomic mass is 35.5. The maximum atomic E-state index is 12.1. The number of carbonyl (C=O) groups is 2. The van der Waals surface area contributed by atoms with E-state index in [1.54, 1.807) is 41.2 Å². The number of hydrogen-bond acceptors (Lipinski definition) is 2. The van der Waals surface area contributed by atoms with Gasteiger partial charge in [-0.2, -0.15) is 4.57 Å². The third-order valence-corrected chi connectivity index (χ3v) is 3.59. The van der Waals surface area contributed by atoms with Crippen molar-refractivity contribution in [1.29, 1.82) is 0 Å². The Hall–Kier alpha value is -2.20. The van der Waals surface area contributed by atoms with Crippen LogP contribution in [-0.2, 0) is 11.3 Å². The highest BCUT2D eigenvalue weighted by Gasteiger charge is 2.14. The monoisotopic (exact) mass is 317 g/mol. The van der Waals surface area contributed by atoms with Crippen molar-refractivity contribution in [1.82, 2.24) is 5.32 Å². The lowest BCUT2D eigenvalue weighted by molar-refractivity contribution is -0.684. The number of aromatic nitrogens is 1. The van der Waals surface area contributed by atoms with Crippen molar-refractivity contribution < 1.29 is 14.2 Å². The molecule has 0 fully saturated rings. The summed E-state index contributed by atoms with van der Waals surface area (Å²) in [7, 11) is 0. The van der Waals surface area contributed by atoms with E-state index < -0.39 is 0 Å². The summed E-state index contributed by atoms with van der Waals surface area (Å²) < 4.78 is 1.70. The Bertz CT molecular complexity index is 683. The molecule has 0 radical (unpaired) electrons. The van der Waals surface area contributed by atoms with Crippen LogP contribution in [-0.4, -0.2) is 11.7 Å². The topological polar surface area (TPSA) is 50.0 Å². The van der Waals surface area contributed by atoms with E-state index in [4.69, 9.17) is 11.6 Å². The van der Waals surface area contributed by atoms with Crippen LogP contribution in [0.1, 0.15) is 35.8 Å². The van der Waals surface area contributed by atoms with Crippen molar-refractivity contribution in [3.8, 4) is 0 Å². The van der Waals surface area contributed by atoms with Crippen molar-refractivity contribution in [2.75, 3.05) is 0 Å². The van der Waals surface area contributed by atoms with Crippen LogP contribution in [0.25, 0.3) is 0 Å². The molecule has 1 heterocycles. The highest BCUT2D eigenvalue weighted by Crippen LogP contribution is 2.15. The fourth-order valence-corrected chi connectivity index (χ4v) is 2.24. The van der Waals surface area contributed by atoms with Crippen LogP contribution in [0.5, 0.6) is 0 Å². The average molecular weight is 318 g/mol. The largest absolute Gasteiger partial charge is 0.344 e. The molecule has 0 aliphatic heterocycles. The fraction of sp³-hybridized carbons (Fsp3) is 0.235. The number of nitrogens with zero attached hydrogens (tertiary/aromatic N) is 1. The van der Waals surface area contributed by atoms with E-state index in [1.807, 2.05) is 19.1 Å². The van der Waals surface area contributed by atoms with Gasteiger partial charge in [0, 0.05) is 11.1 Å². The van der Waals surface area contributed by atoms with E-state index >= 15 is 0 Å². The van der Waals surface area contributed by atoms with Crippen LogP contribution in [0.4, 0.5) is 0 Å². The lowest BCUT2D eigenvalue weighted by atomic mass is 10.1. The molecule has 5 heteroatoms. The summed E-state index contributed by atoms with van der Waals surface area (Å²) >= 11 is 5.85. The maximum Gasteiger partial charge on any atom is 0.286 e. The molecule has 0 bridgehead atoms. The minimum atomic E-state index is -0.117. The van der Waals surface area contributed by atoms with Gasteiger partial charge in [0.25, 0.3) is 5.91 Å². The lowest BCUT2D eigenvalue weighted by Crippen LogP contribution is -2.43. The van der Waals surface area contributed by atoms with Gasteiger partial charge in [-0.15, -0.1) is 0 Å². The number of halogens is 1. The van der Waals surface area contributed by atoms with Gasteiger partial charge in [-0.3, -0.25) is 9.59 Å². The molecule has 4 nitrogen and oxygen atoms in total. The van der Waals surface area contributed by atoms with Crippen molar-refractivity contribution in [2.45, 2.75) is 26.4 Å². The summed E-state index contributed by atoms with van der Waals surface area (Å²) in [6.07, 6.45) is 3.44. The van der Waals surface area contributed by atoms with Crippen molar-refractivity contribution >= 4 is 23.3 Å². The lowest BCUT2D eigenvalue weighted by Gasteiger charge is -2.13. The van der Waals surface area contributed by atoms with Gasteiger partial charge in [-0.05, 0) is 37.6 Å². The number of amides is 1. The van der Waals surface area contributed by atoms with Crippen molar-refractivity contribution in [2.24, 2.45) is 0 Å². The van der Waals surface area contributed by atoms with Gasteiger partial charge in [-0.1, -0.05) is 23.7 Å². The minimum Gasteiger partial charge on any atom is -0.344 e. The van der Waals surface area contributed by atoms with Gasteiger partial charge in [0.2, 0.25) is 6.54 Å². The molecule has 1 aromatic carbocycles. The number of pyridine rings is 1. The summed E-state index contributed by atoms with van der Waals surface area (Å²) in [5.74, 6) is -0.141. The number of nitrogens with one attached hydrogen (secondary N) is 1. The number of Topliss-reactive ketones (excluding diaryl/α,β-unsaturated/α-hetero) is 1. The number of benzene rings is 1. The molecule has 0 aliphatic carbocycles. The van der Waals surface area contributed by atoms with Gasteiger partial charge in [-0.25, -0.2) is 0 Å². The first kappa shape index (κ1) is 16.2. The summed E-state index contributed by atoms with van der Waals surface area (Å²) in [6, 6.07) is 10.7. The molecular formula is C17H18ClN2O2+. The zero-order valence-corrected chi connectivity index (χ0v) is 13.3. The van der Waals surface area contributed by atoms with Gasteiger partial charge in [0.05, 0.1) is 11.6 Å². The highest BCUT2D eigenvalue weighted by molar-refractivity contribution is 6.30. The molecule has 0 saturated carbocycles. The van der Waals surface area contributed by atoms with Crippen LogP contribution in [0, 0.1) is 0 Å². The Kier molecular flexibility index (Phi) is 5.28. The molecular weight excluding hydrogens is 300 g/mol. The van der Waals surface area contributed by atoms with Gasteiger partial charge < -0.3 is 5.32 Å². The van der Waals surface area contributed by atoms with E-state index in [0.29, 0.717) is 10.6 Å². The summed E-state index contributed by atoms with van der Waals surface area (Å²) in [4.78, 5) is 23.5. The van der Waals surface area contributed by atoms with Crippen LogP contribution in [0.2, 0.25) is 5.02 Å². The van der Waals surface area contributed by atoms with Crippen LogP contribution >= 0.6 is 11.6 Å². The second-order valence-electron chi connectivity index (χ2n) is 5.16. The third kappa shape index (κ3) is 4.40. The van der Waals surface area contributed by atoms with Crippen molar-refractivity contribution in [3.05, 3.63) is 64.9 Å². The van der Waals surface area contributed by atoms with E-state index in [0.717, 1.165) is 5.56 Å². The number of hydrogen-bond donors (Lipinski definition) is 1. The molecule has 2 rings (SSSR count). The maximum absolute atomic E-state index is 12.1. The molecule has 2 aromatic rings. The predicted octanol–water partition coefficient (Wildman–Crippen LogP) is 2.71. The Morgan fingerprint density at radius 3 is 2.55 bits per heavy atom. The summed E-state index contributed by atoms with van der Waals surface area (Å²) in [5, 5.41) is 3.59. The summed E-state index contributed by atoms with van der Waals surface area (Å²) in [6.45, 7) is 3.58. The number of carbonyl (C=O) groups excluding carboxylic acids is 2. The molecule has 0 aliphatic rings. The van der Waals surface area contributed by atoms with Crippen LogP contribution < -0.4 is 9.88 Å². The van der Waals surface area contributed by atoms with Gasteiger partial charge in [0.1, 0.15) is 0 Å². The second kappa shape index (κ2) is 7.18. The zero-order chi connectivity index (χ0) is 16.1. The molecule has 1 aromatic heterocycles. The number of rotatable bonds is 5. The SMILES string of the molecule is CC(=O)c1ccc[n+](CC(=O)N[C@@H](C)c2ccc(Cl)cc2)c1. The fourth-order valence-electron chi connectivity index (χ4n) is 2.12. The second-order valence-corrected chi connectivity index (χ2v) is 5.60. The van der Waals surface area contributed by atoms with Gasteiger partial charge in [0.15, 0.2) is 18.2 Å². The van der Waals surface area contributed by atoms with Crippen LogP contribution in [0.3, 0.4) is 0 Å². The first-order chi connectivity index (χ1) is 10.5. The number of ketones is 1. The predicted molar refractivity (Wildman–Crippen MR) is 84.7 cm³/mol. The van der Waals surface area contributed by atoms with Gasteiger partial charge >= 0.3 is 0 Å². The average Bonchev–Trinajstić information content (AvgIpc) is 2.47. The van der Waals surface area contributed by atoms with E-state index in [9.17, 15) is 9.59 Å². The first-order valence-corrected chi connectivity index (χ1v) is 7.38.